The Balaban J connectivity index is 1.69. The summed E-state index contributed by atoms with van der Waals surface area (Å²) in [5.74, 6) is -0.272. The maximum Gasteiger partial charge on any atom is 0.286 e. The fraction of sp³-hybridized carbons (Fsp3) is 0.176. The fourth-order valence-corrected chi connectivity index (χ4v) is 4.58. The summed E-state index contributed by atoms with van der Waals surface area (Å²) in [6, 6.07) is 10.2. The van der Waals surface area contributed by atoms with Crippen LogP contribution in [0.15, 0.2) is 45.7 Å². The number of nitrogens with zero attached hydrogens (tertiary/aromatic N) is 1. The summed E-state index contributed by atoms with van der Waals surface area (Å²) >= 11 is 7.06. The van der Waals surface area contributed by atoms with Crippen LogP contribution in [-0.4, -0.2) is 25.2 Å². The lowest BCUT2D eigenvalue weighted by Gasteiger charge is -2.18. The minimum atomic E-state index is -3.77. The van der Waals surface area contributed by atoms with Gasteiger partial charge in [-0.3, -0.25) is 4.79 Å². The third-order valence-corrected chi connectivity index (χ3v) is 6.47. The van der Waals surface area contributed by atoms with Crippen molar-refractivity contribution in [3.8, 4) is 0 Å². The van der Waals surface area contributed by atoms with Gasteiger partial charge in [0.15, 0.2) is 5.17 Å². The first kappa shape index (κ1) is 18.8. The molecule has 1 heterocycles. The molecule has 0 radical (unpaired) electrons. The molecule has 0 aliphatic carbocycles. The third-order valence-electron chi connectivity index (χ3n) is 3.74. The van der Waals surface area contributed by atoms with Crippen molar-refractivity contribution in [1.29, 1.82) is 0 Å². The first-order valence-electron chi connectivity index (χ1n) is 7.67. The van der Waals surface area contributed by atoms with E-state index in [1.54, 1.807) is 30.3 Å². The van der Waals surface area contributed by atoms with Gasteiger partial charge in [-0.2, -0.15) is 8.42 Å². The molecule has 1 aliphatic heterocycles. The van der Waals surface area contributed by atoms with E-state index in [9.17, 15) is 13.2 Å². The van der Waals surface area contributed by atoms with Crippen molar-refractivity contribution < 1.29 is 13.2 Å². The fourth-order valence-electron chi connectivity index (χ4n) is 2.39. The first-order chi connectivity index (χ1) is 12.3. The van der Waals surface area contributed by atoms with Gasteiger partial charge in [0.25, 0.3) is 10.0 Å². The smallest absolute Gasteiger partial charge is 0.286 e. The van der Waals surface area contributed by atoms with Crippen LogP contribution < -0.4 is 10.6 Å². The van der Waals surface area contributed by atoms with Gasteiger partial charge in [-0.05, 0) is 49.2 Å². The number of anilines is 2. The number of fused-ring (bicyclic) bond motifs is 1. The molecule has 0 bridgehead atoms. The van der Waals surface area contributed by atoms with E-state index in [-0.39, 0.29) is 21.7 Å². The lowest BCUT2D eigenvalue weighted by atomic mass is 10.2. The average Bonchev–Trinajstić information content (AvgIpc) is 2.56. The second-order valence-corrected chi connectivity index (χ2v) is 8.69. The number of amidine groups is 1. The Morgan fingerprint density at radius 1 is 1.27 bits per heavy atom. The normalized spacial score (nSPS) is 14.8. The molecule has 1 amide bonds. The molecule has 0 fully saturated rings. The van der Waals surface area contributed by atoms with E-state index in [1.807, 2.05) is 13.8 Å². The number of thioether (sulfide) groups is 1. The van der Waals surface area contributed by atoms with Gasteiger partial charge in [0.1, 0.15) is 4.90 Å². The summed E-state index contributed by atoms with van der Waals surface area (Å²) in [7, 11) is -3.77. The number of carbonyl (C=O) groups excluding carboxylic acids is 1. The maximum absolute atomic E-state index is 12.3. The predicted octanol–water partition coefficient (Wildman–Crippen LogP) is 3.80. The van der Waals surface area contributed by atoms with Crippen LogP contribution in [0.4, 0.5) is 11.4 Å². The number of hydrogen-bond acceptors (Lipinski definition) is 5. The van der Waals surface area contributed by atoms with Gasteiger partial charge >= 0.3 is 0 Å². The number of amides is 1. The SMILES string of the molecule is Cc1ccc2c(c1)NC(SCC(=O)Nc1cccc(Cl)c1C)=NS2(=O)=O. The van der Waals surface area contributed by atoms with Crippen molar-refractivity contribution in [2.45, 2.75) is 18.7 Å². The first-order valence-corrected chi connectivity index (χ1v) is 10.5. The highest BCUT2D eigenvalue weighted by Gasteiger charge is 2.25. The van der Waals surface area contributed by atoms with E-state index in [4.69, 9.17) is 11.6 Å². The maximum atomic E-state index is 12.3. The lowest BCUT2D eigenvalue weighted by molar-refractivity contribution is -0.113. The number of halogens is 1. The Kier molecular flexibility index (Phi) is 5.27. The van der Waals surface area contributed by atoms with Crippen LogP contribution in [0.5, 0.6) is 0 Å². The molecule has 0 spiro atoms. The Labute approximate surface area is 161 Å². The van der Waals surface area contributed by atoms with E-state index >= 15 is 0 Å². The van der Waals surface area contributed by atoms with E-state index in [2.05, 4.69) is 15.0 Å². The molecule has 9 heteroatoms. The van der Waals surface area contributed by atoms with E-state index in [0.29, 0.717) is 16.4 Å². The van der Waals surface area contributed by atoms with Crippen molar-refractivity contribution in [1.82, 2.24) is 0 Å². The van der Waals surface area contributed by atoms with Gasteiger partial charge in [0.05, 0.1) is 11.4 Å². The molecule has 6 nitrogen and oxygen atoms in total. The quantitative estimate of drug-likeness (QED) is 0.805. The third kappa shape index (κ3) is 4.03. The van der Waals surface area contributed by atoms with Crippen LogP contribution in [0.1, 0.15) is 11.1 Å². The zero-order valence-corrected chi connectivity index (χ0v) is 16.4. The van der Waals surface area contributed by atoms with Crippen molar-refractivity contribution in [2.24, 2.45) is 4.40 Å². The summed E-state index contributed by atoms with van der Waals surface area (Å²) in [5, 5.41) is 6.46. The average molecular weight is 410 g/mol. The molecule has 26 heavy (non-hydrogen) atoms. The van der Waals surface area contributed by atoms with Crippen molar-refractivity contribution in [2.75, 3.05) is 16.4 Å². The standard InChI is InChI=1S/C17H16ClN3O3S2/c1-10-6-7-15-14(8-10)20-17(21-26(15,23)24)25-9-16(22)19-13-5-3-4-12(18)11(13)2/h3-8H,9H2,1-2H3,(H,19,22)(H,20,21). The van der Waals surface area contributed by atoms with Gasteiger partial charge in [-0.25, -0.2) is 0 Å². The van der Waals surface area contributed by atoms with E-state index < -0.39 is 10.0 Å². The lowest BCUT2D eigenvalue weighted by Crippen LogP contribution is -2.22. The summed E-state index contributed by atoms with van der Waals surface area (Å²) in [6.07, 6.45) is 0. The molecule has 0 aromatic heterocycles. The van der Waals surface area contributed by atoms with Crippen molar-refractivity contribution in [3.63, 3.8) is 0 Å². The van der Waals surface area contributed by atoms with Crippen molar-refractivity contribution >= 4 is 55.8 Å². The molecule has 0 atom stereocenters. The van der Waals surface area contributed by atoms with Crippen LogP contribution in [-0.2, 0) is 14.8 Å². The topological polar surface area (TPSA) is 87.6 Å². The highest BCUT2D eigenvalue weighted by molar-refractivity contribution is 8.15. The molecule has 3 rings (SSSR count). The predicted molar refractivity (Wildman–Crippen MR) is 107 cm³/mol. The van der Waals surface area contributed by atoms with Crippen LogP contribution >= 0.6 is 23.4 Å². The summed E-state index contributed by atoms with van der Waals surface area (Å²) in [6.45, 7) is 3.68. The molecule has 2 N–H and O–H groups in total. The zero-order valence-electron chi connectivity index (χ0n) is 14.0. The minimum absolute atomic E-state index is 0.00839. The Hall–Kier alpha value is -2.03. The number of sulfonamides is 1. The number of benzene rings is 2. The van der Waals surface area contributed by atoms with Gasteiger partial charge in [-0.1, -0.05) is 35.5 Å². The molecule has 136 valence electrons. The zero-order chi connectivity index (χ0) is 18.9. The Morgan fingerprint density at radius 2 is 2.04 bits per heavy atom. The number of aryl methyl sites for hydroxylation is 1. The van der Waals surface area contributed by atoms with Crippen LogP contribution in [0.25, 0.3) is 0 Å². The van der Waals surface area contributed by atoms with E-state index in [1.165, 1.54) is 6.07 Å². The van der Waals surface area contributed by atoms with Gasteiger partial charge in [0, 0.05) is 10.7 Å². The molecule has 1 aliphatic rings. The molecule has 2 aromatic rings. The van der Waals surface area contributed by atoms with Crippen molar-refractivity contribution in [3.05, 3.63) is 52.5 Å². The van der Waals surface area contributed by atoms with Gasteiger partial charge in [-0.15, -0.1) is 4.40 Å². The number of hydrogen-bond donors (Lipinski definition) is 2. The second kappa shape index (κ2) is 7.30. The number of nitrogens with one attached hydrogen (secondary N) is 2. The van der Waals surface area contributed by atoms with Crippen LogP contribution in [0, 0.1) is 13.8 Å². The highest BCUT2D eigenvalue weighted by atomic mass is 35.5. The van der Waals surface area contributed by atoms with Gasteiger partial charge in [0.2, 0.25) is 5.91 Å². The molecular formula is C17H16ClN3O3S2. The minimum Gasteiger partial charge on any atom is -0.333 e. The van der Waals surface area contributed by atoms with Crippen LogP contribution in [0.3, 0.4) is 0 Å². The highest BCUT2D eigenvalue weighted by Crippen LogP contribution is 2.30. The van der Waals surface area contributed by atoms with Crippen LogP contribution in [0.2, 0.25) is 5.02 Å². The summed E-state index contributed by atoms with van der Waals surface area (Å²) in [5.41, 5.74) is 2.78. The van der Waals surface area contributed by atoms with Gasteiger partial charge < -0.3 is 10.6 Å². The summed E-state index contributed by atoms with van der Waals surface area (Å²) < 4.78 is 28.2. The second-order valence-electron chi connectivity index (χ2n) is 5.75. The largest absolute Gasteiger partial charge is 0.333 e. The Morgan fingerprint density at radius 3 is 2.81 bits per heavy atom. The molecule has 0 saturated carbocycles. The monoisotopic (exact) mass is 409 g/mol. The molecular weight excluding hydrogens is 394 g/mol. The number of rotatable bonds is 3. The molecule has 2 aromatic carbocycles. The Bertz CT molecular complexity index is 1020. The summed E-state index contributed by atoms with van der Waals surface area (Å²) in [4.78, 5) is 12.3. The van der Waals surface area contributed by atoms with E-state index in [0.717, 1.165) is 22.9 Å². The number of carbonyl (C=O) groups is 1. The molecule has 0 saturated heterocycles. The molecule has 0 unspecified atom stereocenters.